The summed E-state index contributed by atoms with van der Waals surface area (Å²) in [5.41, 5.74) is 4.21. The maximum Gasteiger partial charge on any atom is 0.177 e. The van der Waals surface area contributed by atoms with E-state index < -0.39 is 0 Å². The molecule has 144 valence electrons. The molecule has 1 N–H and O–H groups in total. The lowest BCUT2D eigenvalue weighted by Gasteiger charge is -2.16. The van der Waals surface area contributed by atoms with Crippen molar-refractivity contribution in [2.24, 2.45) is 11.8 Å². The van der Waals surface area contributed by atoms with Crippen LogP contribution in [0.15, 0.2) is 60.6 Å². The van der Waals surface area contributed by atoms with Crippen LogP contribution >= 0.6 is 0 Å². The number of benzene rings is 1. The average Bonchev–Trinajstić information content (AvgIpc) is 3.13. The third-order valence-electron chi connectivity index (χ3n) is 4.48. The standard InChI is InChI=1S/C22H32N5/c1-7-21(26(6)15-17(2)3)13-18(4)19(5)23-14-20-16-27(25-24-20)22-11-9-8-10-12-22/h7-12,15-18,23H,5,13-14H2,1-4,6H3/q+1. The summed E-state index contributed by atoms with van der Waals surface area (Å²) in [5, 5.41) is 11.9. The lowest BCUT2D eigenvalue weighted by Crippen LogP contribution is -2.20. The Labute approximate surface area is 163 Å². The number of hydrogen-bond donors (Lipinski definition) is 1. The summed E-state index contributed by atoms with van der Waals surface area (Å²) in [6.45, 7) is 13.5. The van der Waals surface area contributed by atoms with Crippen molar-refractivity contribution in [3.05, 3.63) is 66.3 Å². The molecule has 0 aliphatic heterocycles. The topological polar surface area (TPSA) is 45.8 Å². The molecule has 27 heavy (non-hydrogen) atoms. The van der Waals surface area contributed by atoms with Crippen LogP contribution in [0.2, 0.25) is 0 Å². The Bertz CT molecular complexity index is 799. The number of allylic oxidation sites excluding steroid dienone is 3. The molecule has 0 aliphatic carbocycles. The predicted octanol–water partition coefficient (Wildman–Crippen LogP) is 4.17. The first-order valence-electron chi connectivity index (χ1n) is 9.53. The minimum Gasteiger partial charge on any atom is -0.383 e. The molecule has 1 aromatic heterocycles. The Morgan fingerprint density at radius 2 is 1.96 bits per heavy atom. The van der Waals surface area contributed by atoms with Gasteiger partial charge in [-0.1, -0.05) is 50.8 Å². The van der Waals surface area contributed by atoms with E-state index in [1.807, 2.05) is 36.5 Å². The molecule has 0 spiro atoms. The van der Waals surface area contributed by atoms with Gasteiger partial charge in [-0.05, 0) is 25.1 Å². The van der Waals surface area contributed by atoms with Gasteiger partial charge in [0.05, 0.1) is 18.4 Å². The van der Waals surface area contributed by atoms with Crippen molar-refractivity contribution in [3.63, 3.8) is 0 Å². The molecule has 1 unspecified atom stereocenters. The summed E-state index contributed by atoms with van der Waals surface area (Å²) >= 11 is 0. The molecule has 1 atom stereocenters. The first kappa shape index (κ1) is 20.6. The Balaban J connectivity index is 1.91. The molecule has 0 radical (unpaired) electrons. The van der Waals surface area contributed by atoms with Gasteiger partial charge < -0.3 is 5.32 Å². The Kier molecular flexibility index (Phi) is 7.53. The van der Waals surface area contributed by atoms with Crippen LogP contribution in [0, 0.1) is 11.8 Å². The molecule has 0 aliphatic rings. The van der Waals surface area contributed by atoms with E-state index >= 15 is 0 Å². The van der Waals surface area contributed by atoms with Crippen molar-refractivity contribution >= 4 is 6.21 Å². The first-order chi connectivity index (χ1) is 12.9. The Morgan fingerprint density at radius 1 is 1.26 bits per heavy atom. The zero-order valence-electron chi connectivity index (χ0n) is 17.2. The van der Waals surface area contributed by atoms with Gasteiger partial charge in [0.15, 0.2) is 5.70 Å². The van der Waals surface area contributed by atoms with Gasteiger partial charge in [-0.25, -0.2) is 9.26 Å². The van der Waals surface area contributed by atoms with Crippen LogP contribution in [-0.4, -0.2) is 32.8 Å². The van der Waals surface area contributed by atoms with Gasteiger partial charge in [-0.15, -0.1) is 5.10 Å². The van der Waals surface area contributed by atoms with Crippen LogP contribution in [0.25, 0.3) is 5.69 Å². The molecule has 0 saturated heterocycles. The van der Waals surface area contributed by atoms with Crippen molar-refractivity contribution in [2.75, 3.05) is 7.05 Å². The van der Waals surface area contributed by atoms with E-state index in [1.54, 1.807) is 4.68 Å². The maximum absolute atomic E-state index is 4.25. The fraction of sp³-hybridized carbons (Fsp3) is 0.409. The first-order valence-corrected chi connectivity index (χ1v) is 9.53. The molecule has 5 heteroatoms. The van der Waals surface area contributed by atoms with Gasteiger partial charge in [0.1, 0.15) is 19.0 Å². The van der Waals surface area contributed by atoms with Gasteiger partial charge >= 0.3 is 0 Å². The highest BCUT2D eigenvalue weighted by Crippen LogP contribution is 2.17. The lowest BCUT2D eigenvalue weighted by atomic mass is 10.0. The number of rotatable bonds is 9. The molecule has 0 saturated carbocycles. The van der Waals surface area contributed by atoms with Crippen molar-refractivity contribution in [1.29, 1.82) is 0 Å². The van der Waals surface area contributed by atoms with Crippen molar-refractivity contribution in [1.82, 2.24) is 20.3 Å². The Hall–Kier alpha value is -2.69. The smallest absolute Gasteiger partial charge is 0.177 e. The van der Waals surface area contributed by atoms with Crippen molar-refractivity contribution in [3.8, 4) is 5.69 Å². The highest BCUT2D eigenvalue weighted by molar-refractivity contribution is 5.54. The zero-order chi connectivity index (χ0) is 19.8. The van der Waals surface area contributed by atoms with Gasteiger partial charge in [0.25, 0.3) is 0 Å². The summed E-state index contributed by atoms with van der Waals surface area (Å²) in [5.74, 6) is 0.845. The van der Waals surface area contributed by atoms with E-state index in [-0.39, 0.29) is 0 Å². The second-order valence-corrected chi connectivity index (χ2v) is 7.26. The predicted molar refractivity (Wildman–Crippen MR) is 112 cm³/mol. The molecule has 0 fully saturated rings. The second-order valence-electron chi connectivity index (χ2n) is 7.26. The molecule has 2 rings (SSSR count). The van der Waals surface area contributed by atoms with Gasteiger partial charge in [-0.2, -0.15) is 0 Å². The van der Waals surface area contributed by atoms with Crippen LogP contribution in [-0.2, 0) is 6.54 Å². The third kappa shape index (κ3) is 6.20. The van der Waals surface area contributed by atoms with Gasteiger partial charge in [0, 0.05) is 24.0 Å². The molecule has 5 nitrogen and oxygen atoms in total. The normalized spacial score (nSPS) is 13.7. The molecular formula is C22H32N5+. The van der Waals surface area contributed by atoms with Gasteiger partial charge in [-0.3, -0.25) is 0 Å². The minimum absolute atomic E-state index is 0.323. The molecular weight excluding hydrogens is 334 g/mol. The van der Waals surface area contributed by atoms with E-state index in [2.05, 4.69) is 73.8 Å². The van der Waals surface area contributed by atoms with Crippen LogP contribution in [0.4, 0.5) is 0 Å². The molecule has 1 heterocycles. The molecule has 2 aromatic rings. The molecule has 1 aromatic carbocycles. The van der Waals surface area contributed by atoms with E-state index in [0.29, 0.717) is 18.4 Å². The minimum atomic E-state index is 0.323. The second kappa shape index (κ2) is 9.86. The van der Waals surface area contributed by atoms with E-state index in [9.17, 15) is 0 Å². The number of aromatic nitrogens is 3. The van der Waals surface area contributed by atoms with E-state index in [4.69, 9.17) is 0 Å². The Morgan fingerprint density at radius 3 is 2.59 bits per heavy atom. The van der Waals surface area contributed by atoms with Crippen LogP contribution in [0.3, 0.4) is 0 Å². The van der Waals surface area contributed by atoms with Crippen molar-refractivity contribution < 1.29 is 4.58 Å². The largest absolute Gasteiger partial charge is 0.383 e. The SMILES string of the molecule is C=C(NCc1cn(-c2ccccc2)nn1)C(C)CC(=CC)[N+](C)=CC(C)C. The van der Waals surface area contributed by atoms with Crippen LogP contribution in [0.1, 0.15) is 39.8 Å². The third-order valence-corrected chi connectivity index (χ3v) is 4.48. The van der Waals surface area contributed by atoms with E-state index in [0.717, 1.165) is 23.5 Å². The lowest BCUT2D eigenvalue weighted by molar-refractivity contribution is -0.444. The monoisotopic (exact) mass is 366 g/mol. The highest BCUT2D eigenvalue weighted by atomic mass is 15.4. The summed E-state index contributed by atoms with van der Waals surface area (Å²) < 4.78 is 4.01. The highest BCUT2D eigenvalue weighted by Gasteiger charge is 2.16. The zero-order valence-corrected chi connectivity index (χ0v) is 17.2. The maximum atomic E-state index is 4.25. The number of nitrogens with one attached hydrogen (secondary N) is 1. The average molecular weight is 367 g/mol. The molecule has 0 bridgehead atoms. The van der Waals surface area contributed by atoms with Crippen LogP contribution < -0.4 is 5.32 Å². The summed E-state index contributed by atoms with van der Waals surface area (Å²) in [6, 6.07) is 9.99. The van der Waals surface area contributed by atoms with Crippen LogP contribution in [0.5, 0.6) is 0 Å². The quantitative estimate of drug-likeness (QED) is 0.535. The van der Waals surface area contributed by atoms with Crippen molar-refractivity contribution in [2.45, 2.75) is 40.7 Å². The van der Waals surface area contributed by atoms with Gasteiger partial charge in [0.2, 0.25) is 0 Å². The fourth-order valence-corrected chi connectivity index (χ4v) is 2.91. The van der Waals surface area contributed by atoms with E-state index in [1.165, 1.54) is 5.70 Å². The summed E-state index contributed by atoms with van der Waals surface area (Å²) in [4.78, 5) is 0. The summed E-state index contributed by atoms with van der Waals surface area (Å²) in [7, 11) is 2.11. The summed E-state index contributed by atoms with van der Waals surface area (Å²) in [6.07, 6.45) is 7.30. The number of para-hydroxylation sites is 1. The molecule has 0 amide bonds. The number of hydrogen-bond acceptors (Lipinski definition) is 3. The fourth-order valence-electron chi connectivity index (χ4n) is 2.91. The number of nitrogens with zero attached hydrogens (tertiary/aromatic N) is 4.